The van der Waals surface area contributed by atoms with E-state index in [1.165, 1.54) is 22.4 Å². The molecule has 36 heavy (non-hydrogen) atoms. The predicted molar refractivity (Wildman–Crippen MR) is 145 cm³/mol. The summed E-state index contributed by atoms with van der Waals surface area (Å²) in [6, 6.07) is 21.9. The fraction of sp³-hybridized carbons (Fsp3) is 0.290. The van der Waals surface area contributed by atoms with E-state index >= 15 is 0 Å². The summed E-state index contributed by atoms with van der Waals surface area (Å²) < 4.78 is 6.55. The summed E-state index contributed by atoms with van der Waals surface area (Å²) in [7, 11) is 0. The molecule has 3 aromatic carbocycles. The topological polar surface area (TPSA) is 57.8 Å². The molecule has 1 aromatic heterocycles. The summed E-state index contributed by atoms with van der Waals surface area (Å²) in [5.74, 6) is 0.219. The van der Waals surface area contributed by atoms with Gasteiger partial charge in [0.05, 0.1) is 5.69 Å². The molecule has 0 fully saturated rings. The van der Waals surface area contributed by atoms with Gasteiger partial charge in [-0.05, 0) is 79.1 Å². The van der Waals surface area contributed by atoms with Crippen LogP contribution >= 0.6 is 0 Å². The van der Waals surface area contributed by atoms with Crippen molar-refractivity contribution in [2.75, 3.05) is 23.3 Å². The van der Waals surface area contributed by atoms with E-state index < -0.39 is 0 Å². The molecule has 1 amide bonds. The molecule has 4 aromatic rings. The fourth-order valence-electron chi connectivity index (χ4n) is 5.47. The second-order valence-corrected chi connectivity index (χ2v) is 10.1. The van der Waals surface area contributed by atoms with Crippen LogP contribution in [0.3, 0.4) is 0 Å². The number of fused-ring (bicyclic) bond motifs is 2. The summed E-state index contributed by atoms with van der Waals surface area (Å²) in [4.78, 5) is 20.8. The Balaban J connectivity index is 1.54. The Labute approximate surface area is 211 Å². The van der Waals surface area contributed by atoms with Crippen molar-refractivity contribution in [1.82, 2.24) is 0 Å². The van der Waals surface area contributed by atoms with E-state index in [4.69, 9.17) is 9.41 Å². The van der Waals surface area contributed by atoms with Crippen molar-refractivity contribution < 1.29 is 9.21 Å². The minimum absolute atomic E-state index is 0.225. The van der Waals surface area contributed by atoms with E-state index in [-0.39, 0.29) is 5.91 Å². The zero-order valence-corrected chi connectivity index (χ0v) is 20.9. The van der Waals surface area contributed by atoms with Crippen LogP contribution in [0.25, 0.3) is 11.0 Å². The monoisotopic (exact) mass is 477 g/mol. The molecule has 0 bridgehead atoms. The van der Waals surface area contributed by atoms with Gasteiger partial charge < -0.3 is 14.6 Å². The number of benzene rings is 3. The molecule has 5 heteroatoms. The van der Waals surface area contributed by atoms with Gasteiger partial charge in [-0.2, -0.15) is 0 Å². The van der Waals surface area contributed by atoms with Crippen LogP contribution in [-0.4, -0.2) is 19.0 Å². The van der Waals surface area contributed by atoms with Crippen molar-refractivity contribution in [3.05, 3.63) is 94.5 Å². The average molecular weight is 478 g/mol. The highest BCUT2D eigenvalue weighted by molar-refractivity contribution is 6.06. The molecular weight excluding hydrogens is 446 g/mol. The molecule has 0 saturated carbocycles. The van der Waals surface area contributed by atoms with Crippen molar-refractivity contribution in [2.24, 2.45) is 4.99 Å². The second kappa shape index (κ2) is 9.30. The maximum Gasteiger partial charge on any atom is 0.261 e. The summed E-state index contributed by atoms with van der Waals surface area (Å²) >= 11 is 0. The highest BCUT2D eigenvalue weighted by Gasteiger charge is 2.27. The quantitative estimate of drug-likeness (QED) is 0.354. The molecule has 0 saturated heterocycles. The van der Waals surface area contributed by atoms with Crippen LogP contribution in [0, 0.1) is 0 Å². The summed E-state index contributed by atoms with van der Waals surface area (Å²) in [5, 5.41) is 3.99. The normalized spacial score (nSPS) is 15.3. The molecule has 182 valence electrons. The maximum atomic E-state index is 13.5. The third-order valence-electron chi connectivity index (χ3n) is 7.30. The van der Waals surface area contributed by atoms with Crippen LogP contribution in [-0.2, 0) is 12.8 Å². The van der Waals surface area contributed by atoms with Crippen LogP contribution in [0.5, 0.6) is 0 Å². The van der Waals surface area contributed by atoms with Crippen LogP contribution in [0.1, 0.15) is 59.7 Å². The van der Waals surface area contributed by atoms with Gasteiger partial charge in [-0.3, -0.25) is 4.79 Å². The fourth-order valence-corrected chi connectivity index (χ4v) is 5.47. The molecule has 3 heterocycles. The Hall–Kier alpha value is -3.86. The van der Waals surface area contributed by atoms with Crippen LogP contribution in [0.15, 0.2) is 76.1 Å². The third kappa shape index (κ3) is 4.19. The van der Waals surface area contributed by atoms with Crippen molar-refractivity contribution in [3.8, 4) is 0 Å². The highest BCUT2D eigenvalue weighted by Crippen LogP contribution is 2.39. The lowest BCUT2D eigenvalue weighted by Crippen LogP contribution is -2.34. The minimum Gasteiger partial charge on any atom is -0.437 e. The van der Waals surface area contributed by atoms with Crippen LogP contribution in [0.2, 0.25) is 0 Å². The van der Waals surface area contributed by atoms with Gasteiger partial charge in [-0.15, -0.1) is 0 Å². The number of nitrogens with zero attached hydrogens (tertiary/aromatic N) is 2. The van der Waals surface area contributed by atoms with Gasteiger partial charge >= 0.3 is 0 Å². The first kappa shape index (κ1) is 22.6. The smallest absolute Gasteiger partial charge is 0.261 e. The number of hydrogen-bond acceptors (Lipinski definition) is 4. The predicted octanol–water partition coefficient (Wildman–Crippen LogP) is 6.74. The lowest BCUT2D eigenvalue weighted by molar-refractivity contribution is 0.102. The van der Waals surface area contributed by atoms with Gasteiger partial charge in [0.15, 0.2) is 0 Å². The molecule has 6 rings (SSSR count). The van der Waals surface area contributed by atoms with Crippen molar-refractivity contribution in [2.45, 2.75) is 45.4 Å². The van der Waals surface area contributed by atoms with Gasteiger partial charge in [0.25, 0.3) is 5.91 Å². The Bertz CT molecular complexity index is 1500. The number of rotatable bonds is 4. The molecule has 1 N–H and O–H groups in total. The number of nitrogens with one attached hydrogen (secondary N) is 1. The zero-order valence-electron chi connectivity index (χ0n) is 20.9. The van der Waals surface area contributed by atoms with E-state index in [0.717, 1.165) is 61.1 Å². The first-order valence-corrected chi connectivity index (χ1v) is 13.0. The largest absolute Gasteiger partial charge is 0.437 e. The molecule has 0 atom stereocenters. The maximum absolute atomic E-state index is 13.5. The standard InChI is InChI=1S/C31H31N3O2/c1-20(2)21-12-14-25(15-13-21)33-31-27(30(35)32-24-9-4-3-5-10-24)19-23-18-22-8-6-16-34-17-7-11-26(28(22)34)29(23)36-31/h3-5,9-10,12-15,18-20H,6-8,11,16-17H2,1-2H3,(H,32,35). The third-order valence-corrected chi connectivity index (χ3v) is 7.30. The number of carbonyl (C=O) groups excluding carboxylic acids is 1. The van der Waals surface area contributed by atoms with Gasteiger partial charge in [0, 0.05) is 35.4 Å². The SMILES string of the molecule is CC(C)c1ccc(N=c2oc3c4c5c(cc3cc2C(=O)Nc2ccccc2)CCCN5CCC4)cc1. The lowest BCUT2D eigenvalue weighted by atomic mass is 9.90. The van der Waals surface area contributed by atoms with Gasteiger partial charge in [-0.1, -0.05) is 44.2 Å². The Morgan fingerprint density at radius 2 is 1.72 bits per heavy atom. The molecule has 0 aliphatic carbocycles. The average Bonchev–Trinajstić information content (AvgIpc) is 2.90. The minimum atomic E-state index is -0.225. The van der Waals surface area contributed by atoms with Crippen molar-refractivity contribution in [3.63, 3.8) is 0 Å². The molecule has 0 spiro atoms. The van der Waals surface area contributed by atoms with Gasteiger partial charge in [0.1, 0.15) is 11.1 Å². The molecule has 5 nitrogen and oxygen atoms in total. The molecule has 0 unspecified atom stereocenters. The Morgan fingerprint density at radius 1 is 0.972 bits per heavy atom. The van der Waals surface area contributed by atoms with E-state index in [9.17, 15) is 4.79 Å². The number of anilines is 2. The number of aryl methyl sites for hydroxylation is 2. The summed E-state index contributed by atoms with van der Waals surface area (Å²) in [5.41, 5.74) is 8.37. The van der Waals surface area contributed by atoms with Crippen LogP contribution in [0.4, 0.5) is 17.1 Å². The molecule has 2 aliphatic rings. The van der Waals surface area contributed by atoms with Gasteiger partial charge in [-0.25, -0.2) is 4.99 Å². The first-order valence-electron chi connectivity index (χ1n) is 13.0. The van der Waals surface area contributed by atoms with E-state index in [0.29, 0.717) is 17.0 Å². The molecule has 2 aliphatic heterocycles. The molecular formula is C31H31N3O2. The second-order valence-electron chi connectivity index (χ2n) is 10.1. The van der Waals surface area contributed by atoms with E-state index in [1.54, 1.807) is 0 Å². The number of para-hydroxylation sites is 1. The van der Waals surface area contributed by atoms with Crippen molar-refractivity contribution in [1.29, 1.82) is 0 Å². The summed E-state index contributed by atoms with van der Waals surface area (Å²) in [6.07, 6.45) is 4.32. The first-order chi connectivity index (χ1) is 17.6. The van der Waals surface area contributed by atoms with Gasteiger partial charge in [0.2, 0.25) is 5.55 Å². The van der Waals surface area contributed by atoms with Crippen LogP contribution < -0.4 is 15.8 Å². The molecule has 0 radical (unpaired) electrons. The number of amides is 1. The Morgan fingerprint density at radius 3 is 2.47 bits per heavy atom. The van der Waals surface area contributed by atoms with E-state index in [2.05, 4.69) is 42.3 Å². The Kier molecular flexibility index (Phi) is 5.84. The number of carbonyl (C=O) groups is 1. The zero-order chi connectivity index (χ0) is 24.6. The lowest BCUT2D eigenvalue weighted by Gasteiger charge is -2.37. The number of hydrogen-bond donors (Lipinski definition) is 1. The highest BCUT2D eigenvalue weighted by atomic mass is 16.3. The van der Waals surface area contributed by atoms with Crippen molar-refractivity contribution >= 4 is 33.9 Å². The van der Waals surface area contributed by atoms with E-state index in [1.807, 2.05) is 48.5 Å². The summed E-state index contributed by atoms with van der Waals surface area (Å²) in [6.45, 7) is 6.55.